The highest BCUT2D eigenvalue weighted by Gasteiger charge is 2.30. The van der Waals surface area contributed by atoms with E-state index in [4.69, 9.17) is 0 Å². The molecule has 2 atom stereocenters. The number of aryl methyl sites for hydroxylation is 1. The second kappa shape index (κ2) is 6.46. The van der Waals surface area contributed by atoms with Crippen molar-refractivity contribution in [3.8, 4) is 0 Å². The predicted molar refractivity (Wildman–Crippen MR) is 80.7 cm³/mol. The Morgan fingerprint density at radius 1 is 1.25 bits per heavy atom. The second-order valence-electron chi connectivity index (χ2n) is 5.42. The van der Waals surface area contributed by atoms with Gasteiger partial charge in [0.15, 0.2) is 0 Å². The van der Waals surface area contributed by atoms with Crippen molar-refractivity contribution in [2.75, 3.05) is 0 Å². The molecule has 1 amide bonds. The van der Waals surface area contributed by atoms with Crippen molar-refractivity contribution >= 4 is 5.91 Å². The van der Waals surface area contributed by atoms with Crippen LogP contribution < -0.4 is 21.7 Å². The van der Waals surface area contributed by atoms with E-state index in [1.165, 1.54) is 37.4 Å². The minimum Gasteiger partial charge on any atom is -0.334 e. The molecule has 9 heteroatoms. The van der Waals surface area contributed by atoms with Gasteiger partial charge in [-0.1, -0.05) is 6.07 Å². The minimum atomic E-state index is -0.652. The number of halogens is 2. The van der Waals surface area contributed by atoms with Crippen molar-refractivity contribution in [1.29, 1.82) is 0 Å². The zero-order valence-electron chi connectivity index (χ0n) is 12.7. The molecule has 2 aromatic rings. The van der Waals surface area contributed by atoms with Crippen LogP contribution in [0.15, 0.2) is 35.1 Å². The Hall–Kier alpha value is -2.65. The van der Waals surface area contributed by atoms with Gasteiger partial charge in [0.2, 0.25) is 0 Å². The van der Waals surface area contributed by atoms with Crippen LogP contribution in [0, 0.1) is 11.6 Å². The van der Waals surface area contributed by atoms with Crippen LogP contribution in [0.3, 0.4) is 0 Å². The number of nitrogens with one attached hydrogen (secondary N) is 3. The number of carbonyl (C=O) groups excluding carboxylic acids is 1. The smallest absolute Gasteiger partial charge is 0.272 e. The highest BCUT2D eigenvalue weighted by Crippen LogP contribution is 2.26. The van der Waals surface area contributed by atoms with Gasteiger partial charge in [-0.2, -0.15) is 5.10 Å². The largest absolute Gasteiger partial charge is 0.334 e. The van der Waals surface area contributed by atoms with E-state index >= 15 is 0 Å². The third-order valence-corrected chi connectivity index (χ3v) is 3.75. The van der Waals surface area contributed by atoms with E-state index in [1.807, 2.05) is 0 Å². The Bertz CT molecular complexity index is 819. The molecule has 0 radical (unpaired) electrons. The molecule has 2 unspecified atom stereocenters. The van der Waals surface area contributed by atoms with E-state index in [2.05, 4.69) is 21.3 Å². The highest BCUT2D eigenvalue weighted by molar-refractivity contribution is 5.92. The number of hydrogen-bond acceptors (Lipinski definition) is 5. The quantitative estimate of drug-likeness (QED) is 0.754. The van der Waals surface area contributed by atoms with E-state index in [-0.39, 0.29) is 23.2 Å². The van der Waals surface area contributed by atoms with Gasteiger partial charge in [-0.25, -0.2) is 24.3 Å². The van der Waals surface area contributed by atoms with Gasteiger partial charge in [0.05, 0.1) is 12.2 Å². The molecule has 24 heavy (non-hydrogen) atoms. The Morgan fingerprint density at radius 3 is 2.62 bits per heavy atom. The summed E-state index contributed by atoms with van der Waals surface area (Å²) in [6.45, 7) is 0. The molecule has 0 bridgehead atoms. The van der Waals surface area contributed by atoms with Gasteiger partial charge in [0, 0.05) is 25.1 Å². The number of aromatic nitrogens is 2. The van der Waals surface area contributed by atoms with Crippen molar-refractivity contribution < 1.29 is 13.6 Å². The number of amides is 1. The van der Waals surface area contributed by atoms with E-state index in [0.29, 0.717) is 0 Å². The van der Waals surface area contributed by atoms with E-state index < -0.39 is 29.7 Å². The molecule has 1 aliphatic rings. The SMILES string of the molecule is Cn1nc(C(=O)NC2CC(c3c(F)cccc3F)NN2)ccc1=O. The third-order valence-electron chi connectivity index (χ3n) is 3.75. The summed E-state index contributed by atoms with van der Waals surface area (Å²) in [6, 6.07) is 5.58. The zero-order valence-corrected chi connectivity index (χ0v) is 12.7. The maximum atomic E-state index is 13.8. The van der Waals surface area contributed by atoms with Crippen molar-refractivity contribution in [2.45, 2.75) is 18.6 Å². The molecule has 3 N–H and O–H groups in total. The van der Waals surface area contributed by atoms with Crippen molar-refractivity contribution in [3.05, 3.63) is 63.6 Å². The molecule has 0 aliphatic carbocycles. The number of hydrogen-bond donors (Lipinski definition) is 3. The van der Waals surface area contributed by atoms with Crippen LogP contribution in [-0.2, 0) is 7.05 Å². The summed E-state index contributed by atoms with van der Waals surface area (Å²) in [7, 11) is 1.44. The van der Waals surface area contributed by atoms with E-state index in [0.717, 1.165) is 4.68 Å². The molecule has 1 fully saturated rings. The lowest BCUT2D eigenvalue weighted by atomic mass is 10.0. The third kappa shape index (κ3) is 3.17. The Labute approximate surface area is 135 Å². The van der Waals surface area contributed by atoms with Gasteiger partial charge in [0.25, 0.3) is 11.5 Å². The first-order valence-electron chi connectivity index (χ1n) is 7.26. The van der Waals surface area contributed by atoms with Crippen LogP contribution in [0.2, 0.25) is 0 Å². The summed E-state index contributed by atoms with van der Waals surface area (Å²) < 4.78 is 28.7. The maximum absolute atomic E-state index is 13.8. The van der Waals surface area contributed by atoms with Crippen LogP contribution in [0.1, 0.15) is 28.5 Å². The van der Waals surface area contributed by atoms with Crippen LogP contribution in [-0.4, -0.2) is 21.9 Å². The zero-order chi connectivity index (χ0) is 17.3. The first kappa shape index (κ1) is 16.2. The van der Waals surface area contributed by atoms with E-state index in [9.17, 15) is 18.4 Å². The molecular formula is C15H15F2N5O2. The summed E-state index contributed by atoms with van der Waals surface area (Å²) in [4.78, 5) is 23.4. The fourth-order valence-electron chi connectivity index (χ4n) is 2.54. The van der Waals surface area contributed by atoms with E-state index in [1.54, 1.807) is 0 Å². The molecular weight excluding hydrogens is 320 g/mol. The van der Waals surface area contributed by atoms with Gasteiger partial charge in [-0.3, -0.25) is 9.59 Å². The number of rotatable bonds is 3. The van der Waals surface area contributed by atoms with Crippen LogP contribution >= 0.6 is 0 Å². The van der Waals surface area contributed by atoms with Crippen molar-refractivity contribution in [2.24, 2.45) is 7.05 Å². The van der Waals surface area contributed by atoms with Gasteiger partial charge < -0.3 is 5.32 Å². The van der Waals surface area contributed by atoms with Crippen LogP contribution in [0.4, 0.5) is 8.78 Å². The minimum absolute atomic E-state index is 0.0689. The Balaban J connectivity index is 1.69. The highest BCUT2D eigenvalue weighted by atomic mass is 19.1. The average molecular weight is 335 g/mol. The summed E-state index contributed by atoms with van der Waals surface area (Å²) in [5.74, 6) is -1.80. The number of benzene rings is 1. The molecule has 7 nitrogen and oxygen atoms in total. The molecule has 1 saturated heterocycles. The second-order valence-corrected chi connectivity index (χ2v) is 5.42. The molecule has 2 heterocycles. The summed E-state index contributed by atoms with van der Waals surface area (Å²) in [5, 5.41) is 6.49. The topological polar surface area (TPSA) is 88.1 Å². The standard InChI is InChI=1S/C15H15F2N5O2/c1-22-13(23)6-5-10(21-22)15(24)18-12-7-11(19-20-12)14-8(16)3-2-4-9(14)17/h2-6,11-12,19-20H,7H2,1H3,(H,18,24). The van der Waals surface area contributed by atoms with Gasteiger partial charge in [-0.15, -0.1) is 0 Å². The lowest BCUT2D eigenvalue weighted by Crippen LogP contribution is -2.44. The molecule has 1 aliphatic heterocycles. The first-order chi connectivity index (χ1) is 11.5. The van der Waals surface area contributed by atoms with Crippen LogP contribution in [0.5, 0.6) is 0 Å². The summed E-state index contributed by atoms with van der Waals surface area (Å²) >= 11 is 0. The number of carbonyl (C=O) groups is 1. The average Bonchev–Trinajstić information content (AvgIpc) is 2.98. The van der Waals surface area contributed by atoms with Crippen LogP contribution in [0.25, 0.3) is 0 Å². The number of hydrazine groups is 1. The molecule has 0 spiro atoms. The van der Waals surface area contributed by atoms with Gasteiger partial charge in [-0.05, 0) is 18.2 Å². The monoisotopic (exact) mass is 335 g/mol. The Morgan fingerprint density at radius 2 is 1.96 bits per heavy atom. The summed E-state index contributed by atoms with van der Waals surface area (Å²) in [6.07, 6.45) is -0.296. The van der Waals surface area contributed by atoms with Crippen molar-refractivity contribution in [1.82, 2.24) is 25.9 Å². The molecule has 3 rings (SSSR count). The first-order valence-corrected chi connectivity index (χ1v) is 7.26. The van der Waals surface area contributed by atoms with Gasteiger partial charge in [0.1, 0.15) is 17.3 Å². The molecule has 126 valence electrons. The molecule has 0 saturated carbocycles. The lowest BCUT2D eigenvalue weighted by molar-refractivity contribution is 0.0925. The summed E-state index contributed by atoms with van der Waals surface area (Å²) in [5.41, 5.74) is 5.19. The normalized spacial score (nSPS) is 20.1. The fourth-order valence-corrected chi connectivity index (χ4v) is 2.54. The lowest BCUT2D eigenvalue weighted by Gasteiger charge is -2.12. The molecule has 1 aromatic carbocycles. The molecule has 1 aromatic heterocycles. The predicted octanol–water partition coefficient (Wildman–Crippen LogP) is 0.354. The Kier molecular flexibility index (Phi) is 4.36. The van der Waals surface area contributed by atoms with Crippen molar-refractivity contribution in [3.63, 3.8) is 0 Å². The maximum Gasteiger partial charge on any atom is 0.272 e. The van der Waals surface area contributed by atoms with Gasteiger partial charge >= 0.3 is 0 Å². The fraction of sp³-hybridized carbons (Fsp3) is 0.267. The number of nitrogens with zero attached hydrogens (tertiary/aromatic N) is 2.